The predicted molar refractivity (Wildman–Crippen MR) is 129 cm³/mol. The Labute approximate surface area is 224 Å². The average molecular weight is 588 g/mol. The van der Waals surface area contributed by atoms with Crippen LogP contribution in [-0.4, -0.2) is 67.2 Å². The zero-order valence-electron chi connectivity index (χ0n) is 21.1. The molecule has 3 N–H and O–H groups in total. The summed E-state index contributed by atoms with van der Waals surface area (Å²) in [6.45, 7) is 3.24. The minimum Gasteiger partial charge on any atom is -0.475 e. The van der Waals surface area contributed by atoms with Gasteiger partial charge in [-0.3, -0.25) is 4.90 Å². The van der Waals surface area contributed by atoms with Crippen LogP contribution in [0.5, 0.6) is 0 Å². The molecule has 2 aromatic heterocycles. The highest BCUT2D eigenvalue weighted by Gasteiger charge is 2.39. The summed E-state index contributed by atoms with van der Waals surface area (Å²) in [6, 6.07) is 2.47. The van der Waals surface area contributed by atoms with E-state index in [0.717, 1.165) is 38.3 Å². The number of piperidine rings is 1. The number of alkyl halides is 6. The highest BCUT2D eigenvalue weighted by Crippen LogP contribution is 2.33. The zero-order chi connectivity index (χ0) is 29.4. The molecule has 2 aromatic rings. The Hall–Kier alpha value is -2.65. The second kappa shape index (κ2) is 14.1. The van der Waals surface area contributed by atoms with Crippen molar-refractivity contribution in [2.24, 2.45) is 13.0 Å². The molecule has 0 spiro atoms. The maximum Gasteiger partial charge on any atom is 0.490 e. The van der Waals surface area contributed by atoms with Gasteiger partial charge in [0, 0.05) is 35.7 Å². The normalized spacial score (nSPS) is 17.5. The van der Waals surface area contributed by atoms with Gasteiger partial charge in [0.2, 0.25) is 0 Å². The van der Waals surface area contributed by atoms with Gasteiger partial charge in [-0.15, -0.1) is 11.3 Å². The largest absolute Gasteiger partial charge is 0.490 e. The number of rotatable bonds is 4. The van der Waals surface area contributed by atoms with Gasteiger partial charge in [0.15, 0.2) is 0 Å². The Morgan fingerprint density at radius 2 is 1.56 bits per heavy atom. The molecule has 0 amide bonds. The van der Waals surface area contributed by atoms with Crippen LogP contribution in [0.25, 0.3) is 0 Å². The van der Waals surface area contributed by atoms with Gasteiger partial charge in [-0.25, -0.2) is 14.6 Å². The molecule has 39 heavy (non-hydrogen) atoms. The number of hydrogen-bond donors (Lipinski definition) is 3. The molecule has 0 saturated carbocycles. The van der Waals surface area contributed by atoms with Crippen molar-refractivity contribution in [3.63, 3.8) is 0 Å². The first-order chi connectivity index (χ1) is 18.1. The van der Waals surface area contributed by atoms with Crippen molar-refractivity contribution in [2.75, 3.05) is 13.1 Å². The summed E-state index contributed by atoms with van der Waals surface area (Å²) >= 11 is 2.05. The number of thiophene rings is 1. The quantitative estimate of drug-likeness (QED) is 0.342. The molecule has 4 rings (SSSR count). The van der Waals surface area contributed by atoms with Gasteiger partial charge in [-0.1, -0.05) is 6.42 Å². The third-order valence-electron chi connectivity index (χ3n) is 6.36. The molecule has 0 bridgehead atoms. The van der Waals surface area contributed by atoms with Gasteiger partial charge >= 0.3 is 24.3 Å². The summed E-state index contributed by atoms with van der Waals surface area (Å²) in [5, 5.41) is 24.9. The molecule has 3 heterocycles. The molecule has 0 aromatic carbocycles. The van der Waals surface area contributed by atoms with Crippen LogP contribution in [0.4, 0.5) is 26.3 Å². The Morgan fingerprint density at radius 3 is 2.05 bits per heavy atom. The van der Waals surface area contributed by atoms with Crippen LogP contribution in [0.3, 0.4) is 0 Å². The van der Waals surface area contributed by atoms with Crippen LogP contribution in [0.15, 0.2) is 18.5 Å². The number of carbonyl (C=O) groups is 2. The lowest BCUT2D eigenvalue weighted by molar-refractivity contribution is -0.193. The van der Waals surface area contributed by atoms with Crippen molar-refractivity contribution in [3.8, 4) is 0 Å². The van der Waals surface area contributed by atoms with Crippen LogP contribution in [0, 0.1) is 5.92 Å². The highest BCUT2D eigenvalue weighted by molar-refractivity contribution is 7.12. The van der Waals surface area contributed by atoms with Crippen LogP contribution in [0.2, 0.25) is 0 Å². The van der Waals surface area contributed by atoms with E-state index in [1.807, 2.05) is 29.1 Å². The number of carboxylic acids is 2. The van der Waals surface area contributed by atoms with E-state index in [9.17, 15) is 31.4 Å². The Morgan fingerprint density at radius 1 is 1.03 bits per heavy atom. The molecular formula is C24H31F6N3O5S. The standard InChI is InChI=1S/C20H29N3OS.2C2HF3O2/c1-22-12-9-21-20(22)19(24)15-7-10-23(11-8-15)14-17-13-16-5-3-2-4-6-18(16)25-17;2*3-2(4,5)1(6)7/h9,12-13,15,19,24H,2-8,10-11,14H2,1H3;2*(H,6,7). The first-order valence-electron chi connectivity index (χ1n) is 12.2. The maximum absolute atomic E-state index is 10.6. The molecule has 1 atom stereocenters. The van der Waals surface area contributed by atoms with Crippen molar-refractivity contribution < 1.29 is 51.3 Å². The number of aryl methyl sites for hydroxylation is 3. The minimum atomic E-state index is -5.08. The number of likely N-dealkylation sites (tertiary alicyclic amines) is 1. The van der Waals surface area contributed by atoms with Crippen LogP contribution >= 0.6 is 11.3 Å². The van der Waals surface area contributed by atoms with Gasteiger partial charge in [-0.05, 0) is 69.2 Å². The Kier molecular flexibility index (Phi) is 11.8. The molecule has 1 saturated heterocycles. The second-order valence-electron chi connectivity index (χ2n) is 9.28. The fourth-order valence-electron chi connectivity index (χ4n) is 4.33. The van der Waals surface area contributed by atoms with Crippen LogP contribution in [0.1, 0.15) is 59.4 Å². The molecule has 220 valence electrons. The summed E-state index contributed by atoms with van der Waals surface area (Å²) in [6.07, 6.45) is 1.88. The zero-order valence-corrected chi connectivity index (χ0v) is 22.0. The number of fused-ring (bicyclic) bond motifs is 1. The van der Waals surface area contributed by atoms with Crippen molar-refractivity contribution in [2.45, 2.75) is 69.9 Å². The number of aliphatic hydroxyl groups excluding tert-OH is 1. The lowest BCUT2D eigenvalue weighted by Gasteiger charge is -2.33. The molecule has 1 fully saturated rings. The average Bonchev–Trinajstić information content (AvgIpc) is 3.37. The third-order valence-corrected chi connectivity index (χ3v) is 7.59. The number of hydrogen-bond acceptors (Lipinski definition) is 6. The molecular weight excluding hydrogens is 556 g/mol. The fourth-order valence-corrected chi connectivity index (χ4v) is 5.63. The predicted octanol–water partition coefficient (Wildman–Crippen LogP) is 4.96. The van der Waals surface area contributed by atoms with E-state index in [2.05, 4.69) is 16.0 Å². The second-order valence-corrected chi connectivity index (χ2v) is 10.5. The van der Waals surface area contributed by atoms with Gasteiger partial charge in [-0.2, -0.15) is 26.3 Å². The van der Waals surface area contributed by atoms with Crippen LogP contribution in [-0.2, 0) is 36.0 Å². The Bertz CT molecular complexity index is 1030. The lowest BCUT2D eigenvalue weighted by atomic mass is 9.90. The first-order valence-corrected chi connectivity index (χ1v) is 13.0. The maximum atomic E-state index is 10.6. The molecule has 1 aliphatic heterocycles. The van der Waals surface area contributed by atoms with E-state index in [1.54, 1.807) is 16.6 Å². The number of nitrogens with zero attached hydrogens (tertiary/aromatic N) is 3. The van der Waals surface area contributed by atoms with Gasteiger partial charge < -0.3 is 19.9 Å². The van der Waals surface area contributed by atoms with E-state index < -0.39 is 30.4 Å². The smallest absolute Gasteiger partial charge is 0.475 e. The summed E-state index contributed by atoms with van der Waals surface area (Å²) < 4.78 is 65.4. The molecule has 2 aliphatic rings. The van der Waals surface area contributed by atoms with Gasteiger partial charge in [0.05, 0.1) is 0 Å². The minimum absolute atomic E-state index is 0.331. The number of aliphatic carboxylic acids is 2. The molecule has 15 heteroatoms. The number of aliphatic hydroxyl groups is 1. The van der Waals surface area contributed by atoms with Gasteiger partial charge in [0.25, 0.3) is 0 Å². The third kappa shape index (κ3) is 10.4. The van der Waals surface area contributed by atoms with E-state index in [4.69, 9.17) is 19.8 Å². The summed E-state index contributed by atoms with van der Waals surface area (Å²) in [7, 11) is 1.96. The number of carboxylic acid groups (broad SMARTS) is 2. The number of halogens is 6. The monoisotopic (exact) mass is 587 g/mol. The van der Waals surface area contributed by atoms with Crippen LogP contribution < -0.4 is 0 Å². The summed E-state index contributed by atoms with van der Waals surface area (Å²) in [5.41, 5.74) is 1.62. The van der Waals surface area contributed by atoms with Crippen molar-refractivity contribution in [1.29, 1.82) is 0 Å². The number of imidazole rings is 1. The summed E-state index contributed by atoms with van der Waals surface area (Å²) in [4.78, 5) is 27.9. The SMILES string of the molecule is Cn1ccnc1C(O)C1CCN(Cc2cc3c(s2)CCCCC3)CC1.O=C(O)C(F)(F)F.O=C(O)C(F)(F)F. The summed E-state index contributed by atoms with van der Waals surface area (Å²) in [5.74, 6) is -4.38. The lowest BCUT2D eigenvalue weighted by Crippen LogP contribution is -2.35. The Balaban J connectivity index is 0.000000317. The first kappa shape index (κ1) is 32.6. The molecule has 1 unspecified atom stereocenters. The number of aromatic nitrogens is 2. The van der Waals surface area contributed by atoms with E-state index in [1.165, 1.54) is 37.0 Å². The van der Waals surface area contributed by atoms with Crippen molar-refractivity contribution in [3.05, 3.63) is 39.6 Å². The topological polar surface area (TPSA) is 116 Å². The van der Waals surface area contributed by atoms with E-state index in [-0.39, 0.29) is 0 Å². The van der Waals surface area contributed by atoms with Gasteiger partial charge in [0.1, 0.15) is 11.9 Å². The van der Waals surface area contributed by atoms with E-state index in [0.29, 0.717) is 5.92 Å². The van der Waals surface area contributed by atoms with E-state index >= 15 is 0 Å². The molecule has 1 aliphatic carbocycles. The van der Waals surface area contributed by atoms with Crippen molar-refractivity contribution in [1.82, 2.24) is 14.5 Å². The molecule has 0 radical (unpaired) electrons. The highest BCUT2D eigenvalue weighted by atomic mass is 32.1. The fraction of sp³-hybridized carbons (Fsp3) is 0.625. The molecule has 8 nitrogen and oxygen atoms in total. The van der Waals surface area contributed by atoms with Crippen molar-refractivity contribution >= 4 is 23.3 Å².